The lowest BCUT2D eigenvalue weighted by atomic mass is 9.97. The summed E-state index contributed by atoms with van der Waals surface area (Å²) in [6, 6.07) is 2.09. The van der Waals surface area contributed by atoms with Gasteiger partial charge in [0.05, 0.1) is 18.5 Å². The van der Waals surface area contributed by atoms with E-state index in [1.807, 2.05) is 6.20 Å². The Labute approximate surface area is 142 Å². The van der Waals surface area contributed by atoms with Gasteiger partial charge in [-0.25, -0.2) is 4.98 Å². The normalized spacial score (nSPS) is 18.2. The van der Waals surface area contributed by atoms with Crippen LogP contribution in [0.5, 0.6) is 5.88 Å². The van der Waals surface area contributed by atoms with Crippen LogP contribution in [0.1, 0.15) is 36.9 Å². The first-order valence-electron chi connectivity index (χ1n) is 8.88. The van der Waals surface area contributed by atoms with Crippen molar-refractivity contribution >= 4 is 5.82 Å². The van der Waals surface area contributed by atoms with Gasteiger partial charge in [0, 0.05) is 31.5 Å². The van der Waals surface area contributed by atoms with E-state index in [9.17, 15) is 0 Å². The van der Waals surface area contributed by atoms with Crippen LogP contribution in [0.25, 0.3) is 0 Å². The smallest absolute Gasteiger partial charge is 0.233 e. The van der Waals surface area contributed by atoms with E-state index in [4.69, 9.17) is 4.74 Å². The van der Waals surface area contributed by atoms with Crippen molar-refractivity contribution < 1.29 is 4.74 Å². The van der Waals surface area contributed by atoms with Crippen LogP contribution in [0.2, 0.25) is 0 Å². The predicted molar refractivity (Wildman–Crippen MR) is 91.1 cm³/mol. The minimum absolute atomic E-state index is 0.566. The first-order valence-corrected chi connectivity index (χ1v) is 8.88. The predicted octanol–water partition coefficient (Wildman–Crippen LogP) is 2.44. The largest absolute Gasteiger partial charge is 0.476 e. The fourth-order valence-electron chi connectivity index (χ4n) is 3.53. The van der Waals surface area contributed by atoms with Crippen molar-refractivity contribution in [1.29, 1.82) is 0 Å². The third-order valence-electron chi connectivity index (χ3n) is 5.00. The molecule has 1 saturated heterocycles. The van der Waals surface area contributed by atoms with E-state index in [1.165, 1.54) is 18.4 Å². The van der Waals surface area contributed by atoms with Gasteiger partial charge in [0.2, 0.25) is 5.88 Å². The van der Waals surface area contributed by atoms with Crippen LogP contribution in [0.15, 0.2) is 24.7 Å². The van der Waals surface area contributed by atoms with Gasteiger partial charge < -0.3 is 9.64 Å². The summed E-state index contributed by atoms with van der Waals surface area (Å²) in [6.07, 6.45) is 12.2. The number of hydrogen-bond acceptors (Lipinski definition) is 6. The number of rotatable bonds is 4. The van der Waals surface area contributed by atoms with Gasteiger partial charge in [0.1, 0.15) is 5.82 Å². The molecule has 0 atom stereocenters. The van der Waals surface area contributed by atoms with Crippen molar-refractivity contribution in [1.82, 2.24) is 20.2 Å². The summed E-state index contributed by atoms with van der Waals surface area (Å²) < 4.78 is 5.93. The number of fused-ring (bicyclic) bond motifs is 1. The molecule has 0 radical (unpaired) electrons. The number of hydrogen-bond donors (Lipinski definition) is 0. The maximum Gasteiger partial charge on any atom is 0.233 e. The number of aromatic nitrogens is 4. The van der Waals surface area contributed by atoms with Gasteiger partial charge in [-0.1, -0.05) is 0 Å². The third kappa shape index (κ3) is 3.47. The first-order chi connectivity index (χ1) is 11.9. The highest BCUT2D eigenvalue weighted by Gasteiger charge is 2.21. The average Bonchev–Trinajstić information content (AvgIpc) is 2.67. The Hall–Kier alpha value is -2.24. The van der Waals surface area contributed by atoms with Crippen LogP contribution in [-0.2, 0) is 12.8 Å². The molecular weight excluding hydrogens is 302 g/mol. The van der Waals surface area contributed by atoms with E-state index in [-0.39, 0.29) is 0 Å². The minimum Gasteiger partial charge on any atom is -0.476 e. The maximum absolute atomic E-state index is 5.93. The molecule has 0 amide bonds. The summed E-state index contributed by atoms with van der Waals surface area (Å²) in [5, 5.41) is 8.57. The van der Waals surface area contributed by atoms with Crippen molar-refractivity contribution in [2.24, 2.45) is 5.92 Å². The topological polar surface area (TPSA) is 64.0 Å². The molecular formula is C18H23N5O. The molecule has 0 bridgehead atoms. The molecule has 2 aromatic rings. The Kier molecular flexibility index (Phi) is 4.53. The van der Waals surface area contributed by atoms with Gasteiger partial charge >= 0.3 is 0 Å². The van der Waals surface area contributed by atoms with Gasteiger partial charge in [0.25, 0.3) is 0 Å². The minimum atomic E-state index is 0.566. The van der Waals surface area contributed by atoms with Crippen molar-refractivity contribution in [2.75, 3.05) is 24.6 Å². The monoisotopic (exact) mass is 325 g/mol. The Morgan fingerprint density at radius 1 is 1.08 bits per heavy atom. The number of ether oxygens (including phenoxy) is 1. The fourth-order valence-corrected chi connectivity index (χ4v) is 3.53. The van der Waals surface area contributed by atoms with Crippen LogP contribution >= 0.6 is 0 Å². The highest BCUT2D eigenvalue weighted by atomic mass is 16.5. The summed E-state index contributed by atoms with van der Waals surface area (Å²) >= 11 is 0. The van der Waals surface area contributed by atoms with Crippen LogP contribution in [-0.4, -0.2) is 39.9 Å². The van der Waals surface area contributed by atoms with E-state index in [2.05, 4.69) is 31.1 Å². The molecule has 6 heteroatoms. The maximum atomic E-state index is 5.93. The number of aryl methyl sites for hydroxylation is 2. The Morgan fingerprint density at radius 2 is 1.96 bits per heavy atom. The van der Waals surface area contributed by atoms with E-state index < -0.39 is 0 Å². The molecule has 1 aliphatic heterocycles. The summed E-state index contributed by atoms with van der Waals surface area (Å²) in [4.78, 5) is 10.8. The van der Waals surface area contributed by atoms with E-state index in [1.54, 1.807) is 12.4 Å². The molecule has 0 N–H and O–H groups in total. The molecule has 2 aliphatic rings. The first kappa shape index (κ1) is 15.3. The Morgan fingerprint density at radius 3 is 2.79 bits per heavy atom. The standard InChI is InChI=1S/C18H23N5O/c1-2-4-16-15(3-1)11-18(22-21-16)24-13-14-5-9-23(10-6-14)17-12-19-7-8-20-17/h7-8,11-12,14H,1-6,9-10,13H2. The molecule has 1 aliphatic carbocycles. The van der Waals surface area contributed by atoms with Gasteiger partial charge in [-0.2, -0.15) is 5.10 Å². The lowest BCUT2D eigenvalue weighted by molar-refractivity contribution is 0.213. The third-order valence-corrected chi connectivity index (χ3v) is 5.00. The second-order valence-electron chi connectivity index (χ2n) is 6.67. The second-order valence-corrected chi connectivity index (χ2v) is 6.67. The summed E-state index contributed by atoms with van der Waals surface area (Å²) in [5.74, 6) is 2.22. The molecule has 3 heterocycles. The van der Waals surface area contributed by atoms with Crippen LogP contribution in [0, 0.1) is 5.92 Å². The lowest BCUT2D eigenvalue weighted by Crippen LogP contribution is -2.36. The number of piperidine rings is 1. The lowest BCUT2D eigenvalue weighted by Gasteiger charge is -2.32. The van der Waals surface area contributed by atoms with Crippen molar-refractivity contribution in [2.45, 2.75) is 38.5 Å². The zero-order chi connectivity index (χ0) is 16.2. The van der Waals surface area contributed by atoms with Crippen LogP contribution in [0.4, 0.5) is 5.82 Å². The van der Waals surface area contributed by atoms with Crippen LogP contribution < -0.4 is 9.64 Å². The van der Waals surface area contributed by atoms with Gasteiger partial charge in [-0.05, 0) is 50.0 Å². The number of nitrogens with zero attached hydrogens (tertiary/aromatic N) is 5. The number of anilines is 1. The summed E-state index contributed by atoms with van der Waals surface area (Å²) in [7, 11) is 0. The van der Waals surface area contributed by atoms with Gasteiger partial charge in [-0.3, -0.25) is 4.98 Å². The van der Waals surface area contributed by atoms with Crippen LogP contribution in [0.3, 0.4) is 0 Å². The van der Waals surface area contributed by atoms with E-state index in [0.29, 0.717) is 11.8 Å². The van der Waals surface area contributed by atoms with Gasteiger partial charge in [-0.15, -0.1) is 5.10 Å². The van der Waals surface area contributed by atoms with Crippen molar-refractivity contribution in [3.63, 3.8) is 0 Å². The van der Waals surface area contributed by atoms with Gasteiger partial charge in [0.15, 0.2) is 0 Å². The highest BCUT2D eigenvalue weighted by molar-refractivity contribution is 5.35. The van der Waals surface area contributed by atoms with Crippen molar-refractivity contribution in [3.8, 4) is 5.88 Å². The zero-order valence-corrected chi connectivity index (χ0v) is 13.9. The average molecular weight is 325 g/mol. The molecule has 1 fully saturated rings. The highest BCUT2D eigenvalue weighted by Crippen LogP contribution is 2.24. The Bertz CT molecular complexity index is 670. The molecule has 24 heavy (non-hydrogen) atoms. The van der Waals surface area contributed by atoms with E-state index in [0.717, 1.165) is 56.9 Å². The summed E-state index contributed by atoms with van der Waals surface area (Å²) in [6.45, 7) is 2.73. The molecule has 4 rings (SSSR count). The fraction of sp³-hybridized carbons (Fsp3) is 0.556. The van der Waals surface area contributed by atoms with E-state index >= 15 is 0 Å². The molecule has 2 aromatic heterocycles. The molecule has 0 spiro atoms. The molecule has 126 valence electrons. The van der Waals surface area contributed by atoms with Crippen molar-refractivity contribution in [3.05, 3.63) is 35.9 Å². The molecule has 0 saturated carbocycles. The Balaban J connectivity index is 1.28. The molecule has 6 nitrogen and oxygen atoms in total. The quantitative estimate of drug-likeness (QED) is 0.860. The molecule has 0 aromatic carbocycles. The SMILES string of the molecule is c1cnc(N2CCC(COc3cc4c(nn3)CCCC4)CC2)cn1. The molecule has 0 unspecified atom stereocenters. The second kappa shape index (κ2) is 7.11. The zero-order valence-electron chi connectivity index (χ0n) is 13.9. The summed E-state index contributed by atoms with van der Waals surface area (Å²) in [5.41, 5.74) is 2.48.